The first kappa shape index (κ1) is 18.9. The summed E-state index contributed by atoms with van der Waals surface area (Å²) < 4.78 is 0. The van der Waals surface area contributed by atoms with E-state index in [-0.39, 0.29) is 0 Å². The van der Waals surface area contributed by atoms with Crippen molar-refractivity contribution in [3.63, 3.8) is 0 Å². The van der Waals surface area contributed by atoms with Gasteiger partial charge in [0.25, 0.3) is 0 Å². The molecule has 27 heavy (non-hydrogen) atoms. The molecule has 0 aromatic heterocycles. The van der Waals surface area contributed by atoms with Gasteiger partial charge in [-0.05, 0) is 29.2 Å². The molecule has 0 atom stereocenters. The monoisotopic (exact) mass is 356 g/mol. The summed E-state index contributed by atoms with van der Waals surface area (Å²) in [5, 5.41) is 6.90. The minimum absolute atomic E-state index is 0.353. The molecule has 2 heteroatoms. The largest absolute Gasteiger partial charge is 0.385 e. The van der Waals surface area contributed by atoms with E-state index in [1.54, 1.807) is 0 Å². The van der Waals surface area contributed by atoms with Crippen molar-refractivity contribution >= 4 is 0 Å². The van der Waals surface area contributed by atoms with Gasteiger partial charge in [-0.25, -0.2) is 0 Å². The summed E-state index contributed by atoms with van der Waals surface area (Å²) >= 11 is 0. The first-order valence-electron chi connectivity index (χ1n) is 9.50. The van der Waals surface area contributed by atoms with Crippen LogP contribution in [-0.4, -0.2) is 6.54 Å². The average Bonchev–Trinajstić information content (AvgIpc) is 2.72. The van der Waals surface area contributed by atoms with E-state index in [9.17, 15) is 0 Å². The van der Waals surface area contributed by atoms with Crippen LogP contribution in [0.15, 0.2) is 97.2 Å². The fraction of sp³-hybridized carbons (Fsp3) is 0.200. The maximum absolute atomic E-state index is 3.87. The molecule has 2 N–H and O–H groups in total. The quantitative estimate of drug-likeness (QED) is 0.548. The molecular formula is C25H28N2. The summed E-state index contributed by atoms with van der Waals surface area (Å²) in [5.74, 6) is 0.353. The molecule has 0 aliphatic heterocycles. The van der Waals surface area contributed by atoms with E-state index in [2.05, 4.69) is 102 Å². The molecule has 0 amide bonds. The molecule has 0 aliphatic rings. The maximum Gasteiger partial charge on any atom is 0.0397 e. The Balaban J connectivity index is 1.60. The van der Waals surface area contributed by atoms with Gasteiger partial charge in [-0.1, -0.05) is 91.5 Å². The Morgan fingerprint density at radius 2 is 1.22 bits per heavy atom. The minimum Gasteiger partial charge on any atom is -0.385 e. The van der Waals surface area contributed by atoms with Crippen molar-refractivity contribution in [2.45, 2.75) is 25.9 Å². The summed E-state index contributed by atoms with van der Waals surface area (Å²) in [6.07, 6.45) is 0. The molecule has 0 heterocycles. The van der Waals surface area contributed by atoms with Crippen LogP contribution in [0.5, 0.6) is 0 Å². The van der Waals surface area contributed by atoms with Crippen LogP contribution in [0.2, 0.25) is 0 Å². The summed E-state index contributed by atoms with van der Waals surface area (Å²) in [6, 6.07) is 30.2. The van der Waals surface area contributed by atoms with Crippen LogP contribution in [0.3, 0.4) is 0 Å². The zero-order valence-corrected chi connectivity index (χ0v) is 16.0. The normalized spacial score (nSPS) is 10.7. The molecule has 0 aliphatic carbocycles. The lowest BCUT2D eigenvalue weighted by Gasteiger charge is -2.19. The number of hydrogen-bond donors (Lipinski definition) is 2. The van der Waals surface area contributed by atoms with Gasteiger partial charge in [-0.2, -0.15) is 0 Å². The standard InChI is InChI=1S/C25H28N2/c1-20(2)27-18-22-15-13-21(14-16-22)17-26-19-25(23-9-5-3-6-10-23)24-11-7-4-8-12-24/h3-16,25-27H,1,17-19H2,2H3. The second-order valence-corrected chi connectivity index (χ2v) is 6.96. The fourth-order valence-corrected chi connectivity index (χ4v) is 3.19. The lowest BCUT2D eigenvalue weighted by atomic mass is 9.91. The van der Waals surface area contributed by atoms with Crippen molar-refractivity contribution in [2.75, 3.05) is 6.54 Å². The highest BCUT2D eigenvalue weighted by Gasteiger charge is 2.13. The molecular weight excluding hydrogens is 328 g/mol. The molecule has 3 rings (SSSR count). The molecule has 3 aromatic rings. The molecule has 0 bridgehead atoms. The fourth-order valence-electron chi connectivity index (χ4n) is 3.19. The third-order valence-corrected chi connectivity index (χ3v) is 4.70. The number of benzene rings is 3. The number of rotatable bonds is 9. The van der Waals surface area contributed by atoms with Crippen LogP contribution >= 0.6 is 0 Å². The first-order chi connectivity index (χ1) is 13.2. The van der Waals surface area contributed by atoms with E-state index in [1.807, 2.05) is 6.92 Å². The van der Waals surface area contributed by atoms with Crippen LogP contribution < -0.4 is 10.6 Å². The topological polar surface area (TPSA) is 24.1 Å². The van der Waals surface area contributed by atoms with Crippen molar-refractivity contribution in [2.24, 2.45) is 0 Å². The Morgan fingerprint density at radius 3 is 1.70 bits per heavy atom. The maximum atomic E-state index is 3.87. The number of allylic oxidation sites excluding steroid dienone is 1. The molecule has 0 radical (unpaired) electrons. The van der Waals surface area contributed by atoms with Crippen molar-refractivity contribution in [1.29, 1.82) is 0 Å². The van der Waals surface area contributed by atoms with Crippen LogP contribution in [0.4, 0.5) is 0 Å². The highest BCUT2D eigenvalue weighted by atomic mass is 14.9. The molecule has 0 fully saturated rings. The van der Waals surface area contributed by atoms with Gasteiger partial charge in [0.2, 0.25) is 0 Å². The van der Waals surface area contributed by atoms with Gasteiger partial charge in [0.1, 0.15) is 0 Å². The van der Waals surface area contributed by atoms with Gasteiger partial charge >= 0.3 is 0 Å². The van der Waals surface area contributed by atoms with Gasteiger partial charge in [0.15, 0.2) is 0 Å². The lowest BCUT2D eigenvalue weighted by Crippen LogP contribution is -2.22. The van der Waals surface area contributed by atoms with E-state index in [0.717, 1.165) is 25.3 Å². The van der Waals surface area contributed by atoms with E-state index < -0.39 is 0 Å². The predicted molar refractivity (Wildman–Crippen MR) is 115 cm³/mol. The second-order valence-electron chi connectivity index (χ2n) is 6.96. The first-order valence-corrected chi connectivity index (χ1v) is 9.50. The van der Waals surface area contributed by atoms with Gasteiger partial charge < -0.3 is 10.6 Å². The second kappa shape index (κ2) is 9.75. The highest BCUT2D eigenvalue weighted by molar-refractivity contribution is 5.33. The minimum atomic E-state index is 0.353. The molecule has 0 saturated carbocycles. The van der Waals surface area contributed by atoms with E-state index >= 15 is 0 Å². The van der Waals surface area contributed by atoms with E-state index in [4.69, 9.17) is 0 Å². The zero-order chi connectivity index (χ0) is 18.9. The van der Waals surface area contributed by atoms with Crippen molar-refractivity contribution < 1.29 is 0 Å². The molecule has 0 saturated heterocycles. The average molecular weight is 357 g/mol. The van der Waals surface area contributed by atoms with Crippen LogP contribution in [0.1, 0.15) is 35.1 Å². The third-order valence-electron chi connectivity index (χ3n) is 4.70. The Labute approximate surface area is 163 Å². The van der Waals surface area contributed by atoms with Gasteiger partial charge in [0, 0.05) is 31.2 Å². The van der Waals surface area contributed by atoms with Crippen molar-refractivity contribution in [3.05, 3.63) is 119 Å². The summed E-state index contributed by atoms with van der Waals surface area (Å²) in [5.41, 5.74) is 6.26. The van der Waals surface area contributed by atoms with Crippen molar-refractivity contribution in [1.82, 2.24) is 10.6 Å². The van der Waals surface area contributed by atoms with E-state index in [1.165, 1.54) is 22.3 Å². The molecule has 0 unspecified atom stereocenters. The molecule has 3 aromatic carbocycles. The molecule has 2 nitrogen and oxygen atoms in total. The van der Waals surface area contributed by atoms with Gasteiger partial charge in [-0.3, -0.25) is 0 Å². The Hall–Kier alpha value is -2.84. The highest BCUT2D eigenvalue weighted by Crippen LogP contribution is 2.23. The summed E-state index contributed by atoms with van der Waals surface area (Å²) in [4.78, 5) is 0. The number of hydrogen-bond acceptors (Lipinski definition) is 2. The molecule has 138 valence electrons. The zero-order valence-electron chi connectivity index (χ0n) is 16.0. The van der Waals surface area contributed by atoms with E-state index in [0.29, 0.717) is 5.92 Å². The summed E-state index contributed by atoms with van der Waals surface area (Å²) in [6.45, 7) is 8.46. The van der Waals surface area contributed by atoms with Gasteiger partial charge in [0.05, 0.1) is 0 Å². The number of nitrogens with one attached hydrogen (secondary N) is 2. The lowest BCUT2D eigenvalue weighted by molar-refractivity contribution is 0.636. The smallest absolute Gasteiger partial charge is 0.0397 e. The van der Waals surface area contributed by atoms with Crippen LogP contribution in [0, 0.1) is 0 Å². The Kier molecular flexibility index (Phi) is 6.84. The predicted octanol–water partition coefficient (Wildman–Crippen LogP) is 5.23. The third kappa shape index (κ3) is 5.83. The van der Waals surface area contributed by atoms with Crippen molar-refractivity contribution in [3.8, 4) is 0 Å². The van der Waals surface area contributed by atoms with Gasteiger partial charge in [-0.15, -0.1) is 0 Å². The molecule has 0 spiro atoms. The Morgan fingerprint density at radius 1 is 0.741 bits per heavy atom. The SMILES string of the molecule is C=C(C)NCc1ccc(CNCC(c2ccccc2)c2ccccc2)cc1. The van der Waals surface area contributed by atoms with Crippen LogP contribution in [0.25, 0.3) is 0 Å². The van der Waals surface area contributed by atoms with Crippen LogP contribution in [-0.2, 0) is 13.1 Å². The Bertz CT molecular complexity index is 784. The summed E-state index contributed by atoms with van der Waals surface area (Å²) in [7, 11) is 0.